The van der Waals surface area contributed by atoms with Gasteiger partial charge in [0.05, 0.1) is 29.4 Å². The van der Waals surface area contributed by atoms with Crippen molar-refractivity contribution in [2.45, 2.75) is 44.8 Å². The van der Waals surface area contributed by atoms with Crippen molar-refractivity contribution in [3.63, 3.8) is 0 Å². The first-order chi connectivity index (χ1) is 14.4. The summed E-state index contributed by atoms with van der Waals surface area (Å²) in [5, 5.41) is 5.00. The van der Waals surface area contributed by atoms with E-state index in [1.807, 2.05) is 32.0 Å². The van der Waals surface area contributed by atoms with Crippen LogP contribution >= 0.6 is 11.6 Å². The molecule has 30 heavy (non-hydrogen) atoms. The largest absolute Gasteiger partial charge is 0.489 e. The third kappa shape index (κ3) is 3.97. The van der Waals surface area contributed by atoms with Gasteiger partial charge in [0.25, 0.3) is 0 Å². The molecule has 0 bridgehead atoms. The quantitative estimate of drug-likeness (QED) is 0.567. The number of aromatic nitrogens is 3. The Bertz CT molecular complexity index is 1050. The Kier molecular flexibility index (Phi) is 5.86. The first-order valence-corrected chi connectivity index (χ1v) is 10.4. The van der Waals surface area contributed by atoms with Crippen LogP contribution in [0.3, 0.4) is 0 Å². The average Bonchev–Trinajstić information content (AvgIpc) is 3.08. The summed E-state index contributed by atoms with van der Waals surface area (Å²) in [4.78, 5) is 12.5. The van der Waals surface area contributed by atoms with Crippen molar-refractivity contribution in [2.75, 3.05) is 26.1 Å². The van der Waals surface area contributed by atoms with Gasteiger partial charge in [0.15, 0.2) is 0 Å². The molecule has 1 aliphatic carbocycles. The number of hydrogen-bond acceptors (Lipinski definition) is 6. The number of hydrogen-bond donors (Lipinski definition) is 2. The van der Waals surface area contributed by atoms with Gasteiger partial charge in [-0.25, -0.2) is 9.97 Å². The van der Waals surface area contributed by atoms with Crippen LogP contribution in [0.2, 0.25) is 5.02 Å². The summed E-state index contributed by atoms with van der Waals surface area (Å²) in [5.74, 6) is 1.42. The number of H-pyrrole nitrogens is 1. The fourth-order valence-electron chi connectivity index (χ4n) is 4.11. The molecule has 0 unspecified atom stereocenters. The standard InChI is InChI=1S/C22H27ClN4O3/c1-13(2)30-18-6-5-14(23)9-17(18)27-21-19-15-10-22(29-4,11-28-3)8-7-16(15)26-20(19)24-12-25-21/h5-6,9,12-13H,7-8,10-11H2,1-4H3,(H2,24,25,26,27)/t22-/m0/s1. The molecule has 7 nitrogen and oxygen atoms in total. The SMILES string of the molecule is COC[C@]1(OC)CCc2[nH]c3ncnc(Nc4cc(Cl)ccc4OC(C)C)c3c2C1. The van der Waals surface area contributed by atoms with Crippen molar-refractivity contribution in [1.82, 2.24) is 15.0 Å². The van der Waals surface area contributed by atoms with Crippen molar-refractivity contribution in [2.24, 2.45) is 0 Å². The Morgan fingerprint density at radius 1 is 1.27 bits per heavy atom. The van der Waals surface area contributed by atoms with Crippen molar-refractivity contribution in [3.8, 4) is 5.75 Å². The Morgan fingerprint density at radius 3 is 2.83 bits per heavy atom. The summed E-state index contributed by atoms with van der Waals surface area (Å²) in [5.41, 5.74) is 3.53. The van der Waals surface area contributed by atoms with Crippen LogP contribution in [-0.4, -0.2) is 47.5 Å². The number of fused-ring (bicyclic) bond motifs is 3. The van der Waals surface area contributed by atoms with E-state index in [9.17, 15) is 0 Å². The number of methoxy groups -OCH3 is 2. The molecule has 160 valence electrons. The van der Waals surface area contributed by atoms with Crippen molar-refractivity contribution >= 4 is 34.1 Å². The molecule has 3 aromatic rings. The molecule has 0 radical (unpaired) electrons. The molecule has 1 aliphatic rings. The minimum absolute atomic E-state index is 0.0357. The van der Waals surface area contributed by atoms with E-state index in [4.69, 9.17) is 25.8 Å². The summed E-state index contributed by atoms with van der Waals surface area (Å²) < 4.78 is 17.3. The lowest BCUT2D eigenvalue weighted by atomic mass is 9.83. The van der Waals surface area contributed by atoms with Crippen LogP contribution in [0.4, 0.5) is 11.5 Å². The minimum Gasteiger partial charge on any atom is -0.489 e. The zero-order chi connectivity index (χ0) is 21.3. The number of nitrogens with zero attached hydrogens (tertiary/aromatic N) is 2. The number of rotatable bonds is 7. The second-order valence-electron chi connectivity index (χ2n) is 7.96. The summed E-state index contributed by atoms with van der Waals surface area (Å²) >= 11 is 6.26. The Hall–Kier alpha value is -2.35. The first-order valence-electron chi connectivity index (χ1n) is 10.1. The molecule has 0 saturated heterocycles. The third-order valence-corrected chi connectivity index (χ3v) is 5.75. The normalized spacial score (nSPS) is 18.6. The van der Waals surface area contributed by atoms with Gasteiger partial charge >= 0.3 is 0 Å². The molecular formula is C22H27ClN4O3. The molecular weight excluding hydrogens is 404 g/mol. The molecule has 2 aromatic heterocycles. The van der Waals surface area contributed by atoms with E-state index in [2.05, 4.69) is 20.3 Å². The molecule has 1 atom stereocenters. The molecule has 0 saturated carbocycles. The Balaban J connectivity index is 1.77. The van der Waals surface area contributed by atoms with Gasteiger partial charge < -0.3 is 24.5 Å². The lowest BCUT2D eigenvalue weighted by Gasteiger charge is -2.35. The molecule has 4 rings (SSSR count). The molecule has 2 heterocycles. The van der Waals surface area contributed by atoms with E-state index < -0.39 is 0 Å². The Labute approximate surface area is 181 Å². The monoisotopic (exact) mass is 430 g/mol. The summed E-state index contributed by atoms with van der Waals surface area (Å²) in [6, 6.07) is 5.52. The zero-order valence-corrected chi connectivity index (χ0v) is 18.5. The number of nitrogens with one attached hydrogen (secondary N) is 2. The van der Waals surface area contributed by atoms with Gasteiger partial charge in [-0.3, -0.25) is 0 Å². The van der Waals surface area contributed by atoms with Crippen LogP contribution in [0.5, 0.6) is 5.75 Å². The van der Waals surface area contributed by atoms with Gasteiger partial charge in [-0.15, -0.1) is 0 Å². The highest BCUT2D eigenvalue weighted by Gasteiger charge is 2.37. The topological polar surface area (TPSA) is 81.3 Å². The van der Waals surface area contributed by atoms with Gasteiger partial charge in [-0.05, 0) is 50.5 Å². The molecule has 1 aromatic carbocycles. The number of aromatic amines is 1. The fraction of sp³-hybridized carbons (Fsp3) is 0.455. The van der Waals surface area contributed by atoms with Crippen LogP contribution in [-0.2, 0) is 22.3 Å². The maximum absolute atomic E-state index is 6.26. The highest BCUT2D eigenvalue weighted by atomic mass is 35.5. The van der Waals surface area contributed by atoms with Gasteiger partial charge in [-0.1, -0.05) is 11.6 Å². The average molecular weight is 431 g/mol. The molecule has 0 spiro atoms. The third-order valence-electron chi connectivity index (χ3n) is 5.51. The lowest BCUT2D eigenvalue weighted by molar-refractivity contribution is -0.0721. The summed E-state index contributed by atoms with van der Waals surface area (Å²) in [6.45, 7) is 4.51. The maximum Gasteiger partial charge on any atom is 0.143 e. The predicted molar refractivity (Wildman–Crippen MR) is 118 cm³/mol. The number of halogens is 1. The smallest absolute Gasteiger partial charge is 0.143 e. The lowest BCUT2D eigenvalue weighted by Crippen LogP contribution is -2.42. The van der Waals surface area contributed by atoms with Gasteiger partial charge in [-0.2, -0.15) is 0 Å². The number of ether oxygens (including phenoxy) is 3. The summed E-state index contributed by atoms with van der Waals surface area (Å²) in [6.07, 6.45) is 4.06. The molecule has 0 fully saturated rings. The molecule has 0 aliphatic heterocycles. The van der Waals surface area contributed by atoms with E-state index in [0.717, 1.165) is 47.3 Å². The van der Waals surface area contributed by atoms with Gasteiger partial charge in [0.1, 0.15) is 23.5 Å². The van der Waals surface area contributed by atoms with E-state index in [0.29, 0.717) is 17.4 Å². The van der Waals surface area contributed by atoms with E-state index in [1.54, 1.807) is 20.5 Å². The second kappa shape index (κ2) is 8.41. The van der Waals surface area contributed by atoms with E-state index >= 15 is 0 Å². The maximum atomic E-state index is 6.26. The number of aryl methyl sites for hydroxylation is 1. The van der Waals surface area contributed by atoms with Crippen LogP contribution in [0.1, 0.15) is 31.5 Å². The predicted octanol–water partition coefficient (Wildman–Crippen LogP) is 4.66. The van der Waals surface area contributed by atoms with E-state index in [1.165, 1.54) is 5.69 Å². The molecule has 2 N–H and O–H groups in total. The number of anilines is 2. The zero-order valence-electron chi connectivity index (χ0n) is 17.7. The highest BCUT2D eigenvalue weighted by Crippen LogP contribution is 2.39. The van der Waals surface area contributed by atoms with Crippen molar-refractivity contribution in [1.29, 1.82) is 0 Å². The van der Waals surface area contributed by atoms with Crippen LogP contribution in [0, 0.1) is 0 Å². The van der Waals surface area contributed by atoms with Crippen molar-refractivity contribution in [3.05, 3.63) is 40.8 Å². The minimum atomic E-state index is -0.355. The van der Waals surface area contributed by atoms with Crippen LogP contribution in [0.25, 0.3) is 11.0 Å². The van der Waals surface area contributed by atoms with Gasteiger partial charge in [0, 0.05) is 31.4 Å². The highest BCUT2D eigenvalue weighted by molar-refractivity contribution is 6.31. The molecule has 0 amide bonds. The summed E-state index contributed by atoms with van der Waals surface area (Å²) in [7, 11) is 3.45. The van der Waals surface area contributed by atoms with Crippen molar-refractivity contribution < 1.29 is 14.2 Å². The van der Waals surface area contributed by atoms with Gasteiger partial charge in [0.2, 0.25) is 0 Å². The molecule has 8 heteroatoms. The second-order valence-corrected chi connectivity index (χ2v) is 8.39. The number of benzene rings is 1. The van der Waals surface area contributed by atoms with Crippen LogP contribution in [0.15, 0.2) is 24.5 Å². The van der Waals surface area contributed by atoms with Crippen LogP contribution < -0.4 is 10.1 Å². The Morgan fingerprint density at radius 2 is 2.10 bits per heavy atom. The van der Waals surface area contributed by atoms with E-state index in [-0.39, 0.29) is 11.7 Å². The first kappa shape index (κ1) is 20.9. The fourth-order valence-corrected chi connectivity index (χ4v) is 4.28.